The summed E-state index contributed by atoms with van der Waals surface area (Å²) in [5.41, 5.74) is 28.7. The van der Waals surface area contributed by atoms with E-state index in [2.05, 4.69) is 31.9 Å². The van der Waals surface area contributed by atoms with Crippen molar-refractivity contribution in [2.45, 2.75) is 107 Å². The molecule has 5 saturated heterocycles. The molecule has 0 saturated carbocycles. The molecule has 514 valence electrons. The lowest BCUT2D eigenvalue weighted by molar-refractivity contribution is -0.132. The first-order chi connectivity index (χ1) is 47.3. The van der Waals surface area contributed by atoms with Gasteiger partial charge in [-0.05, 0) is 97.1 Å². The van der Waals surface area contributed by atoms with Gasteiger partial charge in [-0.25, -0.2) is 0 Å². The van der Waals surface area contributed by atoms with Crippen LogP contribution in [0.3, 0.4) is 0 Å². The van der Waals surface area contributed by atoms with Crippen molar-refractivity contribution in [2.75, 3.05) is 51.2 Å². The van der Waals surface area contributed by atoms with Crippen LogP contribution in [0.4, 0.5) is 5.69 Å². The molecule has 98 heavy (non-hydrogen) atoms. The number of nitrogens with two attached hydrogens (primary N) is 4. The highest BCUT2D eigenvalue weighted by Crippen LogP contribution is 2.25. The minimum atomic E-state index is -0.272. The van der Waals surface area contributed by atoms with Gasteiger partial charge in [-0.15, -0.1) is 0 Å². The summed E-state index contributed by atoms with van der Waals surface area (Å²) in [5.74, 6) is 2.89. The Balaban J connectivity index is 0.000000153. The molecule has 5 fully saturated rings. The van der Waals surface area contributed by atoms with Gasteiger partial charge in [-0.3, -0.25) is 40.8 Å². The molecule has 0 aliphatic carbocycles. The number of likely N-dealkylation sites (N-methyl/N-ethyl adjacent to an activating group) is 1. The van der Waals surface area contributed by atoms with Crippen LogP contribution >= 0.6 is 0 Å². The normalized spacial score (nSPS) is 20.4. The van der Waals surface area contributed by atoms with E-state index in [4.69, 9.17) is 63.5 Å². The summed E-state index contributed by atoms with van der Waals surface area (Å²) in [7, 11) is 1.78. The molecule has 0 unspecified atom stereocenters. The first kappa shape index (κ1) is 71.6. The fourth-order valence-corrected chi connectivity index (χ4v) is 11.9. The first-order valence-corrected chi connectivity index (χ1v) is 33.0. The first-order valence-electron chi connectivity index (χ1n) is 33.0. The Bertz CT molecular complexity index is 3870. The number of amidine groups is 4. The SMILES string of the molecule is CN(C(=O)[C@@H]1C[C@@H](Oc2cccc(C(=N)N)c2)CN1)c1ccccc1.Cc1ccccc1CNC(=O)[C@@H]1C[C@@H](Oc2cccc(C(=N)N)c2)CN1.N=C(N)c1cccc(O[C@H]2CN[C@H](C(=O)N3CCCC3)C2)c1.N=C(N)c1cccc(O[C@H]2CN[C@H](C(=O)NCc3ccccc3)C2)c1. The van der Waals surface area contributed by atoms with Crippen molar-refractivity contribution >= 4 is 52.7 Å². The minimum absolute atomic E-state index is 0.00698. The van der Waals surface area contributed by atoms with E-state index in [0.717, 1.165) is 42.7 Å². The van der Waals surface area contributed by atoms with Gasteiger partial charge >= 0.3 is 0 Å². The molecular formula is C74H90N16O8. The molecule has 0 radical (unpaired) electrons. The van der Waals surface area contributed by atoms with E-state index < -0.39 is 0 Å². The molecule has 24 nitrogen and oxygen atoms in total. The second-order valence-electron chi connectivity index (χ2n) is 24.6. The lowest BCUT2D eigenvalue weighted by Gasteiger charge is -2.21. The molecule has 5 heterocycles. The third-order valence-electron chi connectivity index (χ3n) is 17.3. The average molecular weight is 1330 g/mol. The van der Waals surface area contributed by atoms with Gasteiger partial charge in [0.2, 0.25) is 23.6 Å². The number of nitrogen functional groups attached to an aromatic ring is 4. The second kappa shape index (κ2) is 35.4. The number of hydrogen-bond donors (Lipinski definition) is 14. The molecule has 0 spiro atoms. The van der Waals surface area contributed by atoms with E-state index in [-0.39, 0.29) is 95.6 Å². The molecular weight excluding hydrogens is 1240 g/mol. The van der Waals surface area contributed by atoms with E-state index in [1.165, 1.54) is 5.56 Å². The summed E-state index contributed by atoms with van der Waals surface area (Å²) < 4.78 is 23.7. The number of para-hydroxylation sites is 1. The molecule has 12 rings (SSSR count). The van der Waals surface area contributed by atoms with Gasteiger partial charge in [0.05, 0.1) is 24.2 Å². The Morgan fingerprint density at radius 1 is 0.459 bits per heavy atom. The number of likely N-dealkylation sites (tertiary alicyclic amines) is 1. The van der Waals surface area contributed by atoms with Crippen molar-refractivity contribution in [1.29, 1.82) is 21.6 Å². The molecule has 0 aromatic heterocycles. The topological polar surface area (TPSA) is 383 Å². The number of carbonyl (C=O) groups is 4. The van der Waals surface area contributed by atoms with Crippen LogP contribution in [-0.4, -0.2) is 147 Å². The van der Waals surface area contributed by atoms with Gasteiger partial charge in [0.1, 0.15) is 70.8 Å². The summed E-state index contributed by atoms with van der Waals surface area (Å²) in [6, 6.07) is 55.1. The third kappa shape index (κ3) is 21.2. The van der Waals surface area contributed by atoms with E-state index in [1.807, 2.05) is 127 Å². The van der Waals surface area contributed by atoms with Crippen LogP contribution < -0.4 is 78.7 Å². The van der Waals surface area contributed by atoms with Crippen LogP contribution in [-0.2, 0) is 32.3 Å². The number of hydrogen-bond acceptors (Lipinski definition) is 16. The standard InChI is InChI=1S/C20H24N4O2.2C19H22N4O2.C16H22N4O2/c1-13-5-2-3-6-15(13)11-24-20(25)18-10-17(12-23-18)26-16-8-4-7-14(9-16)19(21)22;1-23(14-7-3-2-4-8-14)19(24)17-11-16(12-22-17)25-15-9-5-6-13(10-15)18(20)21;20-18(21)14-7-4-8-15(9-14)25-16-10-17(22-12-16)19(24)23-11-13-5-2-1-3-6-13;17-15(18)11-4-3-5-12(8-11)22-13-9-14(19-10-13)16(21)20-6-1-2-7-20/h2-9,17-18,23H,10-12H2,1H3,(H3,21,22)(H,24,25);2-10,16-17,22H,11-12H2,1H3,(H3,20,21);1-9,16-17,22H,10-12H2,(H3,20,21)(H,23,24);3-5,8,13-14,19H,1-2,6-7,9-10H2,(H3,17,18)/t17-,18+;2*16-,17+;13-,14+/m1111/s1. The smallest absolute Gasteiger partial charge is 0.244 e. The Kier molecular flexibility index (Phi) is 25.8. The Morgan fingerprint density at radius 2 is 0.816 bits per heavy atom. The fourth-order valence-electron chi connectivity index (χ4n) is 11.9. The van der Waals surface area contributed by atoms with Gasteiger partial charge in [0.25, 0.3) is 0 Å². The molecule has 0 bridgehead atoms. The van der Waals surface area contributed by atoms with Crippen LogP contribution in [0.25, 0.3) is 0 Å². The average Bonchev–Trinajstić information content (AvgIpc) is 1.89. The maximum Gasteiger partial charge on any atom is 0.244 e. The molecule has 18 N–H and O–H groups in total. The number of anilines is 1. The summed E-state index contributed by atoms with van der Waals surface area (Å²) in [5, 5.41) is 48.8. The van der Waals surface area contributed by atoms with Crippen molar-refractivity contribution in [3.63, 3.8) is 0 Å². The predicted octanol–water partition coefficient (Wildman–Crippen LogP) is 5.55. The van der Waals surface area contributed by atoms with Gasteiger partial charge in [0, 0.05) is 113 Å². The van der Waals surface area contributed by atoms with Crippen LogP contribution in [0.2, 0.25) is 0 Å². The van der Waals surface area contributed by atoms with Crippen molar-refractivity contribution in [3.05, 3.63) is 221 Å². The number of ether oxygens (including phenoxy) is 4. The summed E-state index contributed by atoms with van der Waals surface area (Å²) in [4.78, 5) is 53.3. The minimum Gasteiger partial charge on any atom is -0.489 e. The largest absolute Gasteiger partial charge is 0.489 e. The molecule has 5 aliphatic rings. The summed E-state index contributed by atoms with van der Waals surface area (Å²) in [6.07, 6.45) is 4.39. The number of benzene rings is 7. The zero-order valence-corrected chi connectivity index (χ0v) is 55.3. The van der Waals surface area contributed by atoms with Crippen molar-refractivity contribution in [3.8, 4) is 23.0 Å². The van der Waals surface area contributed by atoms with Crippen LogP contribution in [0.5, 0.6) is 23.0 Å². The van der Waals surface area contributed by atoms with E-state index in [0.29, 0.717) is 110 Å². The number of amides is 4. The van der Waals surface area contributed by atoms with Gasteiger partial charge in [0.15, 0.2) is 0 Å². The molecule has 8 atom stereocenters. The van der Waals surface area contributed by atoms with Crippen LogP contribution in [0, 0.1) is 28.6 Å². The zero-order valence-electron chi connectivity index (χ0n) is 55.3. The lowest BCUT2D eigenvalue weighted by Crippen LogP contribution is -2.42. The number of aryl methyl sites for hydroxylation is 1. The van der Waals surface area contributed by atoms with E-state index >= 15 is 0 Å². The van der Waals surface area contributed by atoms with Gasteiger partial charge in [-0.1, -0.05) is 121 Å². The van der Waals surface area contributed by atoms with E-state index in [1.54, 1.807) is 78.7 Å². The molecule has 7 aromatic rings. The van der Waals surface area contributed by atoms with Gasteiger partial charge < -0.3 is 83.6 Å². The zero-order chi connectivity index (χ0) is 69.5. The summed E-state index contributed by atoms with van der Waals surface area (Å²) >= 11 is 0. The van der Waals surface area contributed by atoms with Crippen LogP contribution in [0.15, 0.2) is 182 Å². The highest BCUT2D eigenvalue weighted by atomic mass is 16.5. The van der Waals surface area contributed by atoms with Crippen molar-refractivity contribution in [2.24, 2.45) is 22.9 Å². The Labute approximate surface area is 571 Å². The highest BCUT2D eigenvalue weighted by Gasteiger charge is 2.36. The molecule has 24 heteroatoms. The van der Waals surface area contributed by atoms with E-state index in [9.17, 15) is 19.2 Å². The molecule has 5 aliphatic heterocycles. The predicted molar refractivity (Wildman–Crippen MR) is 380 cm³/mol. The number of carbonyl (C=O) groups excluding carboxylic acids is 4. The maximum absolute atomic E-state index is 12.7. The monoisotopic (exact) mass is 1330 g/mol. The number of nitrogens with zero attached hydrogens (tertiary/aromatic N) is 2. The molecule has 4 amide bonds. The Morgan fingerprint density at radius 3 is 1.23 bits per heavy atom. The maximum atomic E-state index is 12.7. The second-order valence-corrected chi connectivity index (χ2v) is 24.6. The highest BCUT2D eigenvalue weighted by molar-refractivity contribution is 5.98. The lowest BCUT2D eigenvalue weighted by atomic mass is 10.1. The number of nitrogens with one attached hydrogen (secondary N) is 10. The van der Waals surface area contributed by atoms with Crippen molar-refractivity contribution in [1.82, 2.24) is 36.8 Å². The molecule has 7 aromatic carbocycles. The van der Waals surface area contributed by atoms with Crippen LogP contribution in [0.1, 0.15) is 77.5 Å². The quantitative estimate of drug-likeness (QED) is 0.0310. The Hall–Kier alpha value is -10.7. The van der Waals surface area contributed by atoms with Crippen molar-refractivity contribution < 1.29 is 38.1 Å². The third-order valence-corrected chi connectivity index (χ3v) is 17.3. The fraction of sp³-hybridized carbons (Fsp3) is 0.324. The van der Waals surface area contributed by atoms with Gasteiger partial charge in [-0.2, -0.15) is 0 Å². The number of rotatable bonds is 21. The summed E-state index contributed by atoms with van der Waals surface area (Å²) in [6.45, 7) is 7.30.